The molecular formula is C22H27NP2. The molecule has 1 aromatic rings. The first kappa shape index (κ1) is 18.5. The van der Waals surface area contributed by atoms with Crippen LogP contribution in [-0.2, 0) is 10.3 Å². The minimum absolute atomic E-state index is 0.0706. The van der Waals surface area contributed by atoms with E-state index in [4.69, 9.17) is 0 Å². The predicted octanol–water partition coefficient (Wildman–Crippen LogP) is 6.15. The molecule has 1 aliphatic heterocycles. The molecule has 3 heteroatoms. The lowest BCUT2D eigenvalue weighted by Crippen LogP contribution is -2.23. The normalized spacial score (nSPS) is 19.2. The molecule has 130 valence electrons. The molecule has 1 nitrogen and oxygen atoms in total. The highest BCUT2D eigenvalue weighted by Gasteiger charge is 2.33. The summed E-state index contributed by atoms with van der Waals surface area (Å²) in [5.41, 5.74) is 7.31. The summed E-state index contributed by atoms with van der Waals surface area (Å²) in [5.74, 6) is 0. The average Bonchev–Trinajstić information content (AvgIpc) is 2.60. The Bertz CT molecular complexity index is 836. The minimum atomic E-state index is -0.227. The van der Waals surface area contributed by atoms with Gasteiger partial charge in [-0.1, -0.05) is 63.8 Å². The first-order valence-electron chi connectivity index (χ1n) is 8.79. The Kier molecular flexibility index (Phi) is 5.02. The summed E-state index contributed by atoms with van der Waals surface area (Å²) in [6, 6.07) is 6.62. The number of hydrogen-bond donors (Lipinski definition) is 0. The number of nitrogens with zero attached hydrogens (tertiary/aromatic N) is 1. The van der Waals surface area contributed by atoms with Crippen LogP contribution in [0.5, 0.6) is 0 Å². The van der Waals surface area contributed by atoms with E-state index in [-0.39, 0.29) is 10.3 Å². The van der Waals surface area contributed by atoms with Gasteiger partial charge in [0.2, 0.25) is 0 Å². The van der Waals surface area contributed by atoms with Crippen molar-refractivity contribution in [2.75, 3.05) is 0 Å². The highest BCUT2D eigenvalue weighted by Crippen LogP contribution is 2.52. The van der Waals surface area contributed by atoms with Crippen molar-refractivity contribution >= 4 is 30.4 Å². The lowest BCUT2D eigenvalue weighted by atomic mass is 9.76. The standard InChI is InChI=1S/C22H27NP2/c1-5-21(3,4)18-10-7-11-19-20(18)15(2)23-13-12-16-8-6-9-17(14-16)22(19,24)25/h6-13H,2,5,14,24-25H2,1,3-4H3. The Morgan fingerprint density at radius 1 is 1.24 bits per heavy atom. The van der Waals surface area contributed by atoms with Gasteiger partial charge in [-0.25, -0.2) is 0 Å². The summed E-state index contributed by atoms with van der Waals surface area (Å²) in [5, 5.41) is 0. The molecule has 0 spiro atoms. The Morgan fingerprint density at radius 3 is 2.72 bits per heavy atom. The van der Waals surface area contributed by atoms with Gasteiger partial charge in [-0.2, -0.15) is 0 Å². The Labute approximate surface area is 156 Å². The minimum Gasteiger partial charge on any atom is -0.257 e. The summed E-state index contributed by atoms with van der Waals surface area (Å²) in [4.78, 5) is 4.45. The molecule has 0 amide bonds. The van der Waals surface area contributed by atoms with E-state index in [1.807, 2.05) is 6.21 Å². The molecule has 1 aromatic carbocycles. The van der Waals surface area contributed by atoms with Crippen molar-refractivity contribution in [2.45, 2.75) is 43.9 Å². The summed E-state index contributed by atoms with van der Waals surface area (Å²) in [6.07, 6.45) is 12.5. The van der Waals surface area contributed by atoms with Gasteiger partial charge >= 0.3 is 0 Å². The first-order chi connectivity index (χ1) is 11.8. The lowest BCUT2D eigenvalue weighted by Gasteiger charge is -2.35. The van der Waals surface area contributed by atoms with Gasteiger partial charge in [-0.15, -0.1) is 18.5 Å². The zero-order valence-corrected chi connectivity index (χ0v) is 17.7. The maximum absolute atomic E-state index is 4.68. The van der Waals surface area contributed by atoms with Crippen molar-refractivity contribution in [1.29, 1.82) is 0 Å². The Morgan fingerprint density at radius 2 is 2.00 bits per heavy atom. The first-order valence-corrected chi connectivity index (χ1v) is 9.95. The van der Waals surface area contributed by atoms with Crippen molar-refractivity contribution < 1.29 is 0 Å². The van der Waals surface area contributed by atoms with Gasteiger partial charge in [-0.3, -0.25) is 4.99 Å². The molecule has 0 radical (unpaired) electrons. The maximum Gasteiger partial charge on any atom is 0.0636 e. The molecule has 2 atom stereocenters. The molecule has 0 saturated carbocycles. The van der Waals surface area contributed by atoms with Crippen molar-refractivity contribution in [2.24, 2.45) is 4.99 Å². The van der Waals surface area contributed by atoms with E-state index in [1.165, 1.54) is 27.8 Å². The van der Waals surface area contributed by atoms with E-state index in [0.717, 1.165) is 18.5 Å². The second-order valence-electron chi connectivity index (χ2n) is 7.53. The van der Waals surface area contributed by atoms with Crippen LogP contribution in [0.1, 0.15) is 50.3 Å². The molecule has 0 aromatic heterocycles. The summed E-state index contributed by atoms with van der Waals surface area (Å²) < 4.78 is 0. The van der Waals surface area contributed by atoms with Crippen LogP contribution in [0.25, 0.3) is 5.70 Å². The van der Waals surface area contributed by atoms with Crippen molar-refractivity contribution in [3.8, 4) is 0 Å². The number of allylic oxidation sites excluding steroid dienone is 6. The van der Waals surface area contributed by atoms with E-state index in [2.05, 4.69) is 93.3 Å². The van der Waals surface area contributed by atoms with Gasteiger partial charge in [-0.05, 0) is 46.6 Å². The number of fused-ring (bicyclic) bond motifs is 3. The van der Waals surface area contributed by atoms with Crippen molar-refractivity contribution in [3.05, 3.63) is 76.9 Å². The van der Waals surface area contributed by atoms with Crippen LogP contribution in [-0.4, -0.2) is 6.21 Å². The van der Waals surface area contributed by atoms with Crippen LogP contribution in [0, 0.1) is 0 Å². The predicted molar refractivity (Wildman–Crippen MR) is 118 cm³/mol. The van der Waals surface area contributed by atoms with Crippen LogP contribution in [0.15, 0.2) is 65.2 Å². The van der Waals surface area contributed by atoms with E-state index in [9.17, 15) is 0 Å². The molecule has 2 bridgehead atoms. The second kappa shape index (κ2) is 6.79. The third kappa shape index (κ3) is 3.38. The van der Waals surface area contributed by atoms with Gasteiger partial charge in [0.1, 0.15) is 0 Å². The largest absolute Gasteiger partial charge is 0.257 e. The third-order valence-corrected chi connectivity index (χ3v) is 6.83. The summed E-state index contributed by atoms with van der Waals surface area (Å²) >= 11 is 0. The van der Waals surface area contributed by atoms with Crippen LogP contribution < -0.4 is 0 Å². The van der Waals surface area contributed by atoms with Crippen LogP contribution in [0.4, 0.5) is 0 Å². The zero-order valence-electron chi connectivity index (χ0n) is 15.3. The molecule has 0 saturated heterocycles. The zero-order chi connectivity index (χ0) is 18.2. The monoisotopic (exact) mass is 367 g/mol. The quantitative estimate of drug-likeness (QED) is 0.556. The molecule has 25 heavy (non-hydrogen) atoms. The fourth-order valence-electron chi connectivity index (χ4n) is 3.45. The van der Waals surface area contributed by atoms with Crippen LogP contribution in [0.2, 0.25) is 0 Å². The van der Waals surface area contributed by atoms with Gasteiger partial charge in [0.05, 0.1) is 5.70 Å². The van der Waals surface area contributed by atoms with Gasteiger partial charge < -0.3 is 0 Å². The molecule has 1 heterocycles. The van der Waals surface area contributed by atoms with Gasteiger partial charge in [0, 0.05) is 16.7 Å². The molecule has 2 unspecified atom stereocenters. The van der Waals surface area contributed by atoms with Crippen molar-refractivity contribution in [1.82, 2.24) is 0 Å². The molecular weight excluding hydrogens is 340 g/mol. The van der Waals surface area contributed by atoms with Crippen LogP contribution >= 0.6 is 18.5 Å². The number of hydrogen-bond acceptors (Lipinski definition) is 1. The molecule has 1 aliphatic carbocycles. The molecule has 2 aliphatic rings. The maximum atomic E-state index is 4.68. The summed E-state index contributed by atoms with van der Waals surface area (Å²) in [6.45, 7) is 11.2. The third-order valence-electron chi connectivity index (χ3n) is 5.46. The average molecular weight is 367 g/mol. The van der Waals surface area contributed by atoms with E-state index < -0.39 is 0 Å². The second-order valence-corrected chi connectivity index (χ2v) is 10.0. The topological polar surface area (TPSA) is 12.4 Å². The number of rotatable bonds is 2. The van der Waals surface area contributed by atoms with E-state index in [0.29, 0.717) is 0 Å². The molecule has 0 fully saturated rings. The van der Waals surface area contributed by atoms with Crippen molar-refractivity contribution in [3.63, 3.8) is 0 Å². The SMILES string of the molecule is C=C1N=CC=C2C=CC=C(C2)C(P)(P)c2cccc(C(C)(C)CC)c21. The Balaban J connectivity index is 2.33. The van der Waals surface area contributed by atoms with E-state index in [1.54, 1.807) is 0 Å². The lowest BCUT2D eigenvalue weighted by molar-refractivity contribution is 0.504. The number of benzene rings is 1. The van der Waals surface area contributed by atoms with E-state index >= 15 is 0 Å². The molecule has 0 N–H and O–H groups in total. The Hall–Kier alpha value is -1.29. The smallest absolute Gasteiger partial charge is 0.0636 e. The number of aliphatic imine (C=N–C) groups is 1. The fourth-order valence-corrected chi connectivity index (χ4v) is 4.32. The highest BCUT2D eigenvalue weighted by molar-refractivity contribution is 7.39. The van der Waals surface area contributed by atoms with Gasteiger partial charge in [0.25, 0.3) is 0 Å². The summed E-state index contributed by atoms with van der Waals surface area (Å²) in [7, 11) is 6.12. The highest BCUT2D eigenvalue weighted by atomic mass is 31.1. The molecule has 3 rings (SSSR count). The fraction of sp³-hybridized carbons (Fsp3) is 0.318. The van der Waals surface area contributed by atoms with Gasteiger partial charge in [0.15, 0.2) is 0 Å². The van der Waals surface area contributed by atoms with Crippen LogP contribution in [0.3, 0.4) is 0 Å².